The van der Waals surface area contributed by atoms with Crippen molar-refractivity contribution < 1.29 is 0 Å². The van der Waals surface area contributed by atoms with Gasteiger partial charge in [0.1, 0.15) is 5.52 Å². The molecule has 0 saturated heterocycles. The predicted octanol–water partition coefficient (Wildman–Crippen LogP) is 5.26. The zero-order valence-corrected chi connectivity index (χ0v) is 16.8. The molecule has 2 aromatic heterocycles. The van der Waals surface area contributed by atoms with E-state index in [1.807, 2.05) is 6.92 Å². The van der Waals surface area contributed by atoms with Gasteiger partial charge in [-0.3, -0.25) is 0 Å². The molecule has 0 aliphatic carbocycles. The van der Waals surface area contributed by atoms with Gasteiger partial charge in [-0.2, -0.15) is 0 Å². The number of aryl methyl sites for hydroxylation is 4. The number of anilines is 1. The molecule has 0 bridgehead atoms. The third-order valence-electron chi connectivity index (χ3n) is 5.36. The van der Waals surface area contributed by atoms with Gasteiger partial charge in [0.25, 0.3) is 0 Å². The summed E-state index contributed by atoms with van der Waals surface area (Å²) in [6.07, 6.45) is 3.87. The quantitative estimate of drug-likeness (QED) is 0.637. The fourth-order valence-electron chi connectivity index (χ4n) is 4.01. The molecule has 138 valence electrons. The highest BCUT2D eigenvalue weighted by molar-refractivity contribution is 5.85. The summed E-state index contributed by atoms with van der Waals surface area (Å²) < 4.78 is 0. The highest BCUT2D eigenvalue weighted by Crippen LogP contribution is 2.26. The summed E-state index contributed by atoms with van der Waals surface area (Å²) in [6.45, 7) is 13.3. The van der Waals surface area contributed by atoms with Crippen LogP contribution in [0.2, 0.25) is 0 Å². The fourth-order valence-corrected chi connectivity index (χ4v) is 4.01. The number of nitrogens with one attached hydrogen (secondary N) is 2. The lowest BCUT2D eigenvalue weighted by molar-refractivity contribution is 0.467. The lowest BCUT2D eigenvalue weighted by Crippen LogP contribution is -2.28. The smallest absolute Gasteiger partial charge is 0.179 e. The molecule has 0 aliphatic heterocycles. The Hall–Kier alpha value is -2.36. The number of hydrogen-bond acceptors (Lipinski definition) is 3. The molecule has 4 heteroatoms. The lowest BCUT2D eigenvalue weighted by Gasteiger charge is -2.27. The topological polar surface area (TPSA) is 53.6 Å². The van der Waals surface area contributed by atoms with Gasteiger partial charge >= 0.3 is 0 Å². The Morgan fingerprint density at radius 2 is 1.77 bits per heavy atom. The van der Waals surface area contributed by atoms with Gasteiger partial charge in [0, 0.05) is 11.7 Å². The standard InChI is InChI=1S/C22H30N4/c1-7-19(16(5)10-18-14(3)8-13(2)9-15(18)4)26-20-11-17(6)25-22-21(20)23-12-24-22/h8-9,11-12,16,19H,7,10H2,1-6H3,(H2,23,24,25,26). The number of aromatic amines is 1. The first-order chi connectivity index (χ1) is 12.4. The van der Waals surface area contributed by atoms with Crippen LogP contribution >= 0.6 is 0 Å². The number of nitrogens with zero attached hydrogens (tertiary/aromatic N) is 2. The van der Waals surface area contributed by atoms with Crippen molar-refractivity contribution in [2.24, 2.45) is 5.92 Å². The number of H-pyrrole nitrogens is 1. The van der Waals surface area contributed by atoms with Crippen molar-refractivity contribution >= 4 is 16.9 Å². The Balaban J connectivity index is 1.83. The maximum atomic E-state index is 4.49. The van der Waals surface area contributed by atoms with Crippen molar-refractivity contribution in [2.75, 3.05) is 5.32 Å². The number of imidazole rings is 1. The Morgan fingerprint density at radius 1 is 1.08 bits per heavy atom. The lowest BCUT2D eigenvalue weighted by atomic mass is 9.87. The van der Waals surface area contributed by atoms with Crippen LogP contribution in [-0.2, 0) is 6.42 Å². The summed E-state index contributed by atoms with van der Waals surface area (Å²) >= 11 is 0. The molecule has 2 heterocycles. The third kappa shape index (κ3) is 3.74. The second-order valence-electron chi connectivity index (χ2n) is 7.63. The Bertz CT molecular complexity index is 887. The maximum absolute atomic E-state index is 4.49. The van der Waals surface area contributed by atoms with E-state index in [9.17, 15) is 0 Å². The minimum atomic E-state index is 0.392. The predicted molar refractivity (Wildman–Crippen MR) is 110 cm³/mol. The summed E-state index contributed by atoms with van der Waals surface area (Å²) in [5, 5.41) is 3.76. The van der Waals surface area contributed by atoms with Gasteiger partial charge in [0.05, 0.1) is 12.0 Å². The van der Waals surface area contributed by atoms with Crippen LogP contribution in [0.4, 0.5) is 5.69 Å². The number of aromatic nitrogens is 3. The third-order valence-corrected chi connectivity index (χ3v) is 5.36. The molecule has 0 amide bonds. The summed E-state index contributed by atoms with van der Waals surface area (Å²) in [4.78, 5) is 12.0. The number of fused-ring (bicyclic) bond motifs is 1. The number of hydrogen-bond donors (Lipinski definition) is 2. The van der Waals surface area contributed by atoms with Crippen LogP contribution in [0.1, 0.15) is 48.2 Å². The molecule has 2 atom stereocenters. The average molecular weight is 351 g/mol. The average Bonchev–Trinajstić information content (AvgIpc) is 3.03. The zero-order chi connectivity index (χ0) is 18.8. The molecule has 2 unspecified atom stereocenters. The van der Waals surface area contributed by atoms with Crippen molar-refractivity contribution in [1.82, 2.24) is 15.0 Å². The molecule has 3 aromatic rings. The summed E-state index contributed by atoms with van der Waals surface area (Å²) in [7, 11) is 0. The van der Waals surface area contributed by atoms with E-state index in [0.717, 1.165) is 35.4 Å². The van der Waals surface area contributed by atoms with Crippen molar-refractivity contribution in [3.63, 3.8) is 0 Å². The highest BCUT2D eigenvalue weighted by Gasteiger charge is 2.19. The molecule has 1 aromatic carbocycles. The zero-order valence-electron chi connectivity index (χ0n) is 16.8. The van der Waals surface area contributed by atoms with E-state index in [2.05, 4.69) is 73.1 Å². The number of pyridine rings is 1. The van der Waals surface area contributed by atoms with Crippen LogP contribution in [0.5, 0.6) is 0 Å². The summed E-state index contributed by atoms with van der Waals surface area (Å²) in [5.74, 6) is 0.520. The largest absolute Gasteiger partial charge is 0.380 e. The van der Waals surface area contributed by atoms with Crippen LogP contribution in [0.15, 0.2) is 24.5 Å². The molecule has 0 saturated carbocycles. The highest BCUT2D eigenvalue weighted by atomic mass is 15.0. The van der Waals surface area contributed by atoms with Crippen molar-refractivity contribution in [3.8, 4) is 0 Å². The van der Waals surface area contributed by atoms with Gasteiger partial charge in [-0.25, -0.2) is 9.97 Å². The van der Waals surface area contributed by atoms with Crippen LogP contribution in [-0.4, -0.2) is 21.0 Å². The Labute approximate surface area is 156 Å². The van der Waals surface area contributed by atoms with Gasteiger partial charge in [0.2, 0.25) is 0 Å². The monoisotopic (exact) mass is 350 g/mol. The van der Waals surface area contributed by atoms with E-state index in [-0.39, 0.29) is 0 Å². The molecule has 0 fully saturated rings. The van der Waals surface area contributed by atoms with E-state index in [1.54, 1.807) is 6.33 Å². The SMILES string of the molecule is CCC(Nc1cc(C)nc2nc[nH]c12)C(C)Cc1c(C)cc(C)cc1C. The first-order valence-corrected chi connectivity index (χ1v) is 9.53. The molecule has 2 N–H and O–H groups in total. The van der Waals surface area contributed by atoms with Crippen LogP contribution < -0.4 is 5.32 Å². The van der Waals surface area contributed by atoms with Gasteiger partial charge in [-0.05, 0) is 69.2 Å². The van der Waals surface area contributed by atoms with E-state index in [1.165, 1.54) is 22.3 Å². The Kier molecular flexibility index (Phi) is 5.30. The maximum Gasteiger partial charge on any atom is 0.179 e. The van der Waals surface area contributed by atoms with E-state index >= 15 is 0 Å². The summed E-state index contributed by atoms with van der Waals surface area (Å²) in [5.41, 5.74) is 9.49. The van der Waals surface area contributed by atoms with E-state index in [4.69, 9.17) is 0 Å². The van der Waals surface area contributed by atoms with E-state index < -0.39 is 0 Å². The van der Waals surface area contributed by atoms with Gasteiger partial charge in [-0.15, -0.1) is 0 Å². The molecule has 4 nitrogen and oxygen atoms in total. The minimum Gasteiger partial charge on any atom is -0.380 e. The molecule has 0 radical (unpaired) electrons. The molecular weight excluding hydrogens is 320 g/mol. The molecular formula is C22H30N4. The molecule has 0 aliphatic rings. The second kappa shape index (κ2) is 7.48. The minimum absolute atomic E-state index is 0.392. The van der Waals surface area contributed by atoms with Gasteiger partial charge < -0.3 is 10.3 Å². The number of benzene rings is 1. The van der Waals surface area contributed by atoms with Crippen LogP contribution in [0.25, 0.3) is 11.2 Å². The summed E-state index contributed by atoms with van der Waals surface area (Å²) in [6, 6.07) is 7.09. The first-order valence-electron chi connectivity index (χ1n) is 9.53. The fraction of sp³-hybridized carbons (Fsp3) is 0.455. The molecule has 0 spiro atoms. The van der Waals surface area contributed by atoms with Crippen molar-refractivity contribution in [2.45, 2.75) is 60.4 Å². The first kappa shape index (κ1) is 18.4. The Morgan fingerprint density at radius 3 is 2.42 bits per heavy atom. The van der Waals surface area contributed by atoms with Crippen LogP contribution in [0.3, 0.4) is 0 Å². The molecule has 3 rings (SSSR count). The second-order valence-corrected chi connectivity index (χ2v) is 7.63. The van der Waals surface area contributed by atoms with Crippen LogP contribution in [0, 0.1) is 33.6 Å². The van der Waals surface area contributed by atoms with Gasteiger partial charge in [-0.1, -0.05) is 31.5 Å². The normalized spacial score (nSPS) is 13.8. The van der Waals surface area contributed by atoms with Gasteiger partial charge in [0.15, 0.2) is 5.65 Å². The van der Waals surface area contributed by atoms with Crippen molar-refractivity contribution in [3.05, 3.63) is 52.5 Å². The number of rotatable bonds is 6. The molecule has 26 heavy (non-hydrogen) atoms. The van der Waals surface area contributed by atoms with E-state index in [0.29, 0.717) is 12.0 Å². The van der Waals surface area contributed by atoms with Crippen molar-refractivity contribution in [1.29, 1.82) is 0 Å².